The zero-order chi connectivity index (χ0) is 16.4. The third kappa shape index (κ3) is 3.50. The van der Waals surface area contributed by atoms with Crippen LogP contribution in [0.2, 0.25) is 0 Å². The molecule has 7 nitrogen and oxygen atoms in total. The number of anilines is 1. The number of nitrogens with zero attached hydrogens (tertiary/aromatic N) is 2. The molecular formula is C16H18N4O3. The Bertz CT molecular complexity index is 732. The highest BCUT2D eigenvalue weighted by Crippen LogP contribution is 2.20. The standard InChI is InChI=1S/C16H18N4O3/c1-20-9-13(16(19-20)23-2)15(22)18-11-5-3-10(4-6-11)14(21)17-12-7-8-12/h3-6,9,12H,7-8H2,1-2H3,(H,17,21)(H,18,22). The van der Waals surface area contributed by atoms with Gasteiger partial charge in [0.25, 0.3) is 11.8 Å². The number of methoxy groups -OCH3 is 1. The normalized spacial score (nSPS) is 13.5. The van der Waals surface area contributed by atoms with E-state index < -0.39 is 0 Å². The Hall–Kier alpha value is -2.83. The Morgan fingerprint density at radius 1 is 1.22 bits per heavy atom. The zero-order valence-electron chi connectivity index (χ0n) is 13.0. The minimum absolute atomic E-state index is 0.0840. The van der Waals surface area contributed by atoms with Crippen LogP contribution >= 0.6 is 0 Å². The molecule has 0 spiro atoms. The Labute approximate surface area is 133 Å². The van der Waals surface area contributed by atoms with Gasteiger partial charge in [0, 0.05) is 30.5 Å². The van der Waals surface area contributed by atoms with Crippen LogP contribution in [0.4, 0.5) is 5.69 Å². The van der Waals surface area contributed by atoms with Gasteiger partial charge in [-0.25, -0.2) is 0 Å². The number of rotatable bonds is 5. The second-order valence-electron chi connectivity index (χ2n) is 5.50. The molecule has 1 aromatic carbocycles. The van der Waals surface area contributed by atoms with Crippen molar-refractivity contribution in [1.82, 2.24) is 15.1 Å². The van der Waals surface area contributed by atoms with Gasteiger partial charge in [0.15, 0.2) is 0 Å². The number of hydrogen-bond acceptors (Lipinski definition) is 4. The molecule has 0 bridgehead atoms. The molecule has 1 aliphatic rings. The van der Waals surface area contributed by atoms with Crippen molar-refractivity contribution in [3.05, 3.63) is 41.6 Å². The van der Waals surface area contributed by atoms with E-state index in [4.69, 9.17) is 4.74 Å². The predicted octanol–water partition coefficient (Wildman–Crippen LogP) is 1.57. The summed E-state index contributed by atoms with van der Waals surface area (Å²) in [5, 5.41) is 9.73. The first-order chi connectivity index (χ1) is 11.1. The van der Waals surface area contributed by atoms with Crippen LogP contribution in [0.25, 0.3) is 0 Å². The average molecular weight is 314 g/mol. The highest BCUT2D eigenvalue weighted by Gasteiger charge is 2.23. The summed E-state index contributed by atoms with van der Waals surface area (Å²) in [4.78, 5) is 24.2. The Morgan fingerprint density at radius 2 is 1.91 bits per heavy atom. The third-order valence-corrected chi connectivity index (χ3v) is 3.55. The van der Waals surface area contributed by atoms with E-state index in [1.165, 1.54) is 11.8 Å². The van der Waals surface area contributed by atoms with E-state index in [0.29, 0.717) is 22.9 Å². The van der Waals surface area contributed by atoms with Gasteiger partial charge in [0.05, 0.1) is 7.11 Å². The summed E-state index contributed by atoms with van der Waals surface area (Å²) in [6.45, 7) is 0. The minimum atomic E-state index is -0.315. The van der Waals surface area contributed by atoms with Crippen LogP contribution in [-0.4, -0.2) is 34.7 Å². The number of aromatic nitrogens is 2. The summed E-state index contributed by atoms with van der Waals surface area (Å²) < 4.78 is 6.59. The summed E-state index contributed by atoms with van der Waals surface area (Å²) in [6, 6.07) is 7.09. The predicted molar refractivity (Wildman–Crippen MR) is 84.6 cm³/mol. The lowest BCUT2D eigenvalue weighted by Gasteiger charge is -2.07. The van der Waals surface area contributed by atoms with Crippen molar-refractivity contribution >= 4 is 17.5 Å². The zero-order valence-corrected chi connectivity index (χ0v) is 13.0. The molecule has 1 heterocycles. The molecule has 2 aromatic rings. The summed E-state index contributed by atoms with van der Waals surface area (Å²) in [5.41, 5.74) is 1.53. The highest BCUT2D eigenvalue weighted by molar-refractivity contribution is 6.06. The van der Waals surface area contributed by atoms with Crippen molar-refractivity contribution in [2.24, 2.45) is 7.05 Å². The fourth-order valence-corrected chi connectivity index (χ4v) is 2.17. The van der Waals surface area contributed by atoms with Crippen LogP contribution in [-0.2, 0) is 7.05 Å². The summed E-state index contributed by atoms with van der Waals surface area (Å²) in [7, 11) is 3.18. The molecule has 1 aliphatic carbocycles. The first-order valence-corrected chi connectivity index (χ1v) is 7.36. The summed E-state index contributed by atoms with van der Waals surface area (Å²) >= 11 is 0. The van der Waals surface area contributed by atoms with Crippen molar-refractivity contribution in [3.8, 4) is 5.88 Å². The molecule has 1 saturated carbocycles. The fourth-order valence-electron chi connectivity index (χ4n) is 2.17. The van der Waals surface area contributed by atoms with Gasteiger partial charge < -0.3 is 15.4 Å². The lowest BCUT2D eigenvalue weighted by molar-refractivity contribution is 0.0950. The number of carbonyl (C=O) groups is 2. The van der Waals surface area contributed by atoms with Gasteiger partial charge in [-0.05, 0) is 37.1 Å². The van der Waals surface area contributed by atoms with Crippen LogP contribution in [0.3, 0.4) is 0 Å². The largest absolute Gasteiger partial charge is 0.479 e. The van der Waals surface area contributed by atoms with Crippen molar-refractivity contribution in [3.63, 3.8) is 0 Å². The second-order valence-corrected chi connectivity index (χ2v) is 5.50. The lowest BCUT2D eigenvalue weighted by Crippen LogP contribution is -2.25. The van der Waals surface area contributed by atoms with E-state index in [9.17, 15) is 9.59 Å². The second kappa shape index (κ2) is 6.12. The molecule has 1 aromatic heterocycles. The molecule has 2 amide bonds. The van der Waals surface area contributed by atoms with Crippen molar-refractivity contribution in [2.75, 3.05) is 12.4 Å². The monoisotopic (exact) mass is 314 g/mol. The van der Waals surface area contributed by atoms with Crippen molar-refractivity contribution < 1.29 is 14.3 Å². The van der Waals surface area contributed by atoms with Crippen LogP contribution in [0.5, 0.6) is 5.88 Å². The Kier molecular flexibility index (Phi) is 4.01. The van der Waals surface area contributed by atoms with Gasteiger partial charge in [-0.3, -0.25) is 14.3 Å². The highest BCUT2D eigenvalue weighted by atomic mass is 16.5. The van der Waals surface area contributed by atoms with Gasteiger partial charge in [-0.2, -0.15) is 0 Å². The number of benzene rings is 1. The van der Waals surface area contributed by atoms with Gasteiger partial charge in [-0.15, -0.1) is 5.10 Å². The van der Waals surface area contributed by atoms with Gasteiger partial charge >= 0.3 is 0 Å². The smallest absolute Gasteiger partial charge is 0.262 e. The SMILES string of the molecule is COc1nn(C)cc1C(=O)Nc1ccc(C(=O)NC2CC2)cc1. The number of nitrogens with one attached hydrogen (secondary N) is 2. The first kappa shape index (κ1) is 15.1. The first-order valence-electron chi connectivity index (χ1n) is 7.36. The van der Waals surface area contributed by atoms with Crippen molar-refractivity contribution in [1.29, 1.82) is 0 Å². The fraction of sp³-hybridized carbons (Fsp3) is 0.312. The minimum Gasteiger partial charge on any atom is -0.479 e. The molecule has 1 fully saturated rings. The molecule has 2 N–H and O–H groups in total. The molecule has 0 radical (unpaired) electrons. The number of aryl methyl sites for hydroxylation is 1. The van der Waals surface area contributed by atoms with Crippen LogP contribution in [0.15, 0.2) is 30.5 Å². The van der Waals surface area contributed by atoms with E-state index in [-0.39, 0.29) is 17.7 Å². The number of hydrogen-bond donors (Lipinski definition) is 2. The molecular weight excluding hydrogens is 296 g/mol. The Balaban J connectivity index is 1.67. The Morgan fingerprint density at radius 3 is 2.52 bits per heavy atom. The number of amides is 2. The van der Waals surface area contributed by atoms with E-state index >= 15 is 0 Å². The number of carbonyl (C=O) groups excluding carboxylic acids is 2. The molecule has 120 valence electrons. The van der Waals surface area contributed by atoms with E-state index in [2.05, 4.69) is 15.7 Å². The maximum Gasteiger partial charge on any atom is 0.262 e. The third-order valence-electron chi connectivity index (χ3n) is 3.55. The molecule has 3 rings (SSSR count). The van der Waals surface area contributed by atoms with Crippen molar-refractivity contribution in [2.45, 2.75) is 18.9 Å². The molecule has 0 atom stereocenters. The van der Waals surface area contributed by atoms with Crippen LogP contribution in [0, 0.1) is 0 Å². The van der Waals surface area contributed by atoms with E-state index in [0.717, 1.165) is 12.8 Å². The summed E-state index contributed by atoms with van der Waals surface area (Å²) in [6.07, 6.45) is 3.69. The lowest BCUT2D eigenvalue weighted by atomic mass is 10.2. The number of ether oxygens (including phenoxy) is 1. The maximum atomic E-state index is 12.3. The van der Waals surface area contributed by atoms with Crippen LogP contribution in [0.1, 0.15) is 33.6 Å². The van der Waals surface area contributed by atoms with Gasteiger partial charge in [-0.1, -0.05) is 0 Å². The molecule has 23 heavy (non-hydrogen) atoms. The molecule has 0 aliphatic heterocycles. The van der Waals surface area contributed by atoms with Gasteiger partial charge in [0.1, 0.15) is 5.56 Å². The maximum absolute atomic E-state index is 12.3. The quantitative estimate of drug-likeness (QED) is 0.877. The van der Waals surface area contributed by atoms with Crippen LogP contribution < -0.4 is 15.4 Å². The van der Waals surface area contributed by atoms with E-state index in [1.54, 1.807) is 37.5 Å². The van der Waals surface area contributed by atoms with Gasteiger partial charge in [0.2, 0.25) is 5.88 Å². The molecule has 7 heteroatoms. The molecule has 0 unspecified atom stereocenters. The molecule has 0 saturated heterocycles. The summed E-state index contributed by atoms with van der Waals surface area (Å²) in [5.74, 6) is -0.130. The topological polar surface area (TPSA) is 85.2 Å². The average Bonchev–Trinajstić information content (AvgIpc) is 3.27. The van der Waals surface area contributed by atoms with E-state index in [1.807, 2.05) is 0 Å².